The van der Waals surface area contributed by atoms with Crippen LogP contribution >= 0.6 is 0 Å². The van der Waals surface area contributed by atoms with Gasteiger partial charge in [0.25, 0.3) is 7.41 Å². The summed E-state index contributed by atoms with van der Waals surface area (Å²) >= 11 is 0. The van der Waals surface area contributed by atoms with Gasteiger partial charge in [-0.05, 0) is 13.0 Å². The van der Waals surface area contributed by atoms with Crippen LogP contribution in [-0.4, -0.2) is 42.7 Å². The predicted octanol–water partition coefficient (Wildman–Crippen LogP) is -1.41. The number of nitrogens with zero attached hydrogens (tertiary/aromatic N) is 1. The quantitative estimate of drug-likeness (QED) is 0.366. The number of rotatable bonds is 2. The molecule has 1 rings (SSSR count). The van der Waals surface area contributed by atoms with Crippen LogP contribution in [-0.2, 0) is 4.79 Å². The molecule has 0 radical (unpaired) electrons. The lowest BCUT2D eigenvalue weighted by atomic mass is 9.96. The molecule has 1 heterocycles. The van der Waals surface area contributed by atoms with Crippen molar-refractivity contribution in [3.8, 4) is 0 Å². The third kappa shape index (κ3) is 1.80. The van der Waals surface area contributed by atoms with E-state index >= 15 is 0 Å². The van der Waals surface area contributed by atoms with Crippen LogP contribution in [0.5, 0.6) is 0 Å². The van der Waals surface area contributed by atoms with E-state index in [1.54, 1.807) is 0 Å². The maximum absolute atomic E-state index is 9.94. The molecule has 0 unspecified atom stereocenters. The minimum absolute atomic E-state index is 0.204. The lowest BCUT2D eigenvalue weighted by Gasteiger charge is -2.07. The van der Waals surface area contributed by atoms with Crippen LogP contribution in [0.1, 0.15) is 6.42 Å². The van der Waals surface area contributed by atoms with Crippen LogP contribution in [0.15, 0.2) is 0 Å². The van der Waals surface area contributed by atoms with E-state index in [0.29, 0.717) is 14.0 Å². The van der Waals surface area contributed by atoms with Crippen LogP contribution in [0.2, 0.25) is 0 Å². The number of carbonyl (C=O) groups excluding carboxylic acids is 1. The van der Waals surface area contributed by atoms with E-state index < -0.39 is 0 Å². The van der Waals surface area contributed by atoms with E-state index in [-0.39, 0.29) is 6.10 Å². The second-order valence-electron chi connectivity index (χ2n) is 2.37. The Morgan fingerprint density at radius 3 is 3.00 bits per heavy atom. The number of carbonyl (C=O) groups is 1. The van der Waals surface area contributed by atoms with Gasteiger partial charge >= 0.3 is 0 Å². The van der Waals surface area contributed by atoms with Gasteiger partial charge in [-0.3, -0.25) is 0 Å². The van der Waals surface area contributed by atoms with Crippen LogP contribution < -0.4 is 0 Å². The lowest BCUT2D eigenvalue weighted by Crippen LogP contribution is -2.27. The molecule has 0 amide bonds. The first-order chi connectivity index (χ1) is 4.33. The molecule has 50 valence electrons. The van der Waals surface area contributed by atoms with Crippen molar-refractivity contribution >= 4 is 13.6 Å². The Kier molecular flexibility index (Phi) is 2.25. The number of hydrogen-bond donors (Lipinski definition) is 1. The SMILES string of the molecule is O=CBN1CC[C@H](O)C1. The minimum atomic E-state index is -0.204. The monoisotopic (exact) mass is 127 g/mol. The molecular weight excluding hydrogens is 117 g/mol. The molecule has 1 atom stereocenters. The summed E-state index contributed by atoms with van der Waals surface area (Å²) in [6.07, 6.45) is 1.48. The highest BCUT2D eigenvalue weighted by atomic mass is 16.3. The zero-order valence-electron chi connectivity index (χ0n) is 5.29. The number of aliphatic hydroxyl groups excluding tert-OH is 1. The summed E-state index contributed by atoms with van der Waals surface area (Å²) in [6.45, 7) is 1.53. The number of β-amino-alcohol motifs (C(OH)–C–C–N with tert-alkyl or cyclic N) is 1. The molecule has 9 heavy (non-hydrogen) atoms. The minimum Gasteiger partial charge on any atom is -0.392 e. The first-order valence-electron chi connectivity index (χ1n) is 3.17. The van der Waals surface area contributed by atoms with Gasteiger partial charge in [-0.2, -0.15) is 0 Å². The second-order valence-corrected chi connectivity index (χ2v) is 2.37. The van der Waals surface area contributed by atoms with E-state index in [4.69, 9.17) is 5.11 Å². The number of aliphatic hydroxyl groups is 1. The molecule has 1 saturated heterocycles. The largest absolute Gasteiger partial charge is 0.392 e. The Balaban J connectivity index is 2.21. The molecule has 3 nitrogen and oxygen atoms in total. The molecule has 0 aromatic carbocycles. The first kappa shape index (κ1) is 6.77. The third-order valence-electron chi connectivity index (χ3n) is 1.58. The fourth-order valence-electron chi connectivity index (χ4n) is 1.08. The molecule has 0 aromatic heterocycles. The Morgan fingerprint density at radius 1 is 1.78 bits per heavy atom. The van der Waals surface area contributed by atoms with Crippen molar-refractivity contribution < 1.29 is 9.90 Å². The highest BCUT2D eigenvalue weighted by molar-refractivity contribution is 6.64. The molecule has 1 aliphatic rings. The van der Waals surface area contributed by atoms with E-state index in [9.17, 15) is 4.79 Å². The van der Waals surface area contributed by atoms with Gasteiger partial charge in [0.1, 0.15) is 0 Å². The van der Waals surface area contributed by atoms with Crippen LogP contribution in [0.25, 0.3) is 0 Å². The van der Waals surface area contributed by atoms with Gasteiger partial charge in [0.05, 0.1) is 12.3 Å². The lowest BCUT2D eigenvalue weighted by molar-refractivity contribution is 0.189. The maximum Gasteiger partial charge on any atom is 0.281 e. The van der Waals surface area contributed by atoms with Crippen molar-refractivity contribution in [3.63, 3.8) is 0 Å². The van der Waals surface area contributed by atoms with Crippen molar-refractivity contribution in [3.05, 3.63) is 0 Å². The van der Waals surface area contributed by atoms with Gasteiger partial charge in [0, 0.05) is 6.54 Å². The maximum atomic E-state index is 9.94. The topological polar surface area (TPSA) is 40.5 Å². The van der Waals surface area contributed by atoms with Crippen LogP contribution in [0.3, 0.4) is 0 Å². The summed E-state index contributed by atoms with van der Waals surface area (Å²) < 4.78 is 0. The molecule has 1 N–H and O–H groups in total. The average molecular weight is 127 g/mol. The second kappa shape index (κ2) is 2.99. The van der Waals surface area contributed by atoms with Crippen LogP contribution in [0.4, 0.5) is 0 Å². The Labute approximate surface area is 54.9 Å². The summed E-state index contributed by atoms with van der Waals surface area (Å²) in [5, 5.41) is 8.97. The summed E-state index contributed by atoms with van der Waals surface area (Å²) in [7, 11) is 0.469. The molecule has 1 fully saturated rings. The normalized spacial score (nSPS) is 28.3. The molecular formula is C5H10BNO2. The fourth-order valence-corrected chi connectivity index (χ4v) is 1.08. The zero-order chi connectivity index (χ0) is 6.69. The molecule has 0 aliphatic carbocycles. The highest BCUT2D eigenvalue weighted by Crippen LogP contribution is 2.05. The Bertz CT molecular complexity index is 109. The van der Waals surface area contributed by atoms with E-state index in [1.807, 2.05) is 4.81 Å². The summed E-state index contributed by atoms with van der Waals surface area (Å²) in [5.74, 6) is 0. The standard InChI is InChI=1S/C5H10BNO2/c8-4-6-7-2-1-5(9)3-7/h4-6,9H,1-3H2/t5-/m0/s1. The molecule has 1 aliphatic heterocycles. The van der Waals surface area contributed by atoms with Crippen molar-refractivity contribution in [2.75, 3.05) is 13.1 Å². The van der Waals surface area contributed by atoms with Crippen molar-refractivity contribution in [2.24, 2.45) is 0 Å². The summed E-state index contributed by atoms with van der Waals surface area (Å²) in [5.41, 5.74) is 0. The van der Waals surface area contributed by atoms with E-state index in [0.717, 1.165) is 19.2 Å². The van der Waals surface area contributed by atoms with Crippen molar-refractivity contribution in [2.45, 2.75) is 12.5 Å². The van der Waals surface area contributed by atoms with Crippen molar-refractivity contribution in [1.29, 1.82) is 0 Å². The highest BCUT2D eigenvalue weighted by Gasteiger charge is 2.19. The molecule has 0 bridgehead atoms. The molecule has 4 heteroatoms. The van der Waals surface area contributed by atoms with Crippen molar-refractivity contribution in [1.82, 2.24) is 4.81 Å². The number of hydrogen-bond acceptors (Lipinski definition) is 3. The van der Waals surface area contributed by atoms with Gasteiger partial charge in [0.2, 0.25) is 0 Å². The van der Waals surface area contributed by atoms with Gasteiger partial charge < -0.3 is 14.7 Å². The smallest absolute Gasteiger partial charge is 0.281 e. The molecule has 0 aromatic rings. The molecule has 0 spiro atoms. The third-order valence-corrected chi connectivity index (χ3v) is 1.58. The van der Waals surface area contributed by atoms with Gasteiger partial charge in [-0.1, -0.05) is 0 Å². The first-order valence-corrected chi connectivity index (χ1v) is 3.17. The van der Waals surface area contributed by atoms with E-state index in [2.05, 4.69) is 0 Å². The van der Waals surface area contributed by atoms with Gasteiger partial charge in [-0.15, -0.1) is 0 Å². The van der Waals surface area contributed by atoms with E-state index in [1.165, 1.54) is 0 Å². The average Bonchev–Trinajstić information content (AvgIpc) is 2.17. The summed E-state index contributed by atoms with van der Waals surface area (Å²) in [6, 6.07) is 0. The molecule has 0 saturated carbocycles. The fraction of sp³-hybridized carbons (Fsp3) is 0.800. The van der Waals surface area contributed by atoms with Gasteiger partial charge in [-0.25, -0.2) is 0 Å². The Hall–Kier alpha value is -0.345. The Morgan fingerprint density at radius 2 is 2.56 bits per heavy atom. The zero-order valence-corrected chi connectivity index (χ0v) is 5.29. The predicted molar refractivity (Wildman–Crippen MR) is 36.1 cm³/mol. The van der Waals surface area contributed by atoms with Crippen LogP contribution in [0, 0.1) is 0 Å². The van der Waals surface area contributed by atoms with Gasteiger partial charge in [0.15, 0.2) is 0 Å². The summed E-state index contributed by atoms with van der Waals surface area (Å²) in [4.78, 5) is 11.9.